The summed E-state index contributed by atoms with van der Waals surface area (Å²) in [6.07, 6.45) is -1.10. The van der Waals surface area contributed by atoms with Gasteiger partial charge in [0.2, 0.25) is 0 Å². The number of para-hydroxylation sites is 7. The van der Waals surface area contributed by atoms with Crippen molar-refractivity contribution in [3.05, 3.63) is 420 Å². The van der Waals surface area contributed by atoms with Crippen LogP contribution in [0.5, 0.6) is 0 Å². The molecule has 12 nitrogen and oxygen atoms in total. The molecule has 4 aliphatic rings. The average Bonchev–Trinajstić information content (AvgIpc) is 1.52. The molecule has 4 aliphatic heterocycles. The van der Waals surface area contributed by atoms with E-state index in [1.54, 1.807) is 9.80 Å². The first-order chi connectivity index (χ1) is 75.2. The molecule has 8 heterocycles. The topological polar surface area (TPSA) is 70.3 Å². The Labute approximate surface area is 882 Å². The second-order valence-corrected chi connectivity index (χ2v) is 42.2. The third-order valence-corrected chi connectivity index (χ3v) is 31.0. The maximum Gasteiger partial charge on any atom is 0.143 e. The lowest BCUT2D eigenvalue weighted by atomic mass is 9.84. The highest BCUT2D eigenvalue weighted by Crippen LogP contribution is 2.57. The van der Waals surface area contributed by atoms with Crippen molar-refractivity contribution in [1.82, 2.24) is 4.57 Å². The summed E-state index contributed by atoms with van der Waals surface area (Å²) in [7, 11) is 0. The molecule has 736 valence electrons. The molecule has 0 bridgehead atoms. The minimum atomic E-state index is -2.34. The molecule has 4 atom stereocenters. The second kappa shape index (κ2) is 37.6. The van der Waals surface area contributed by atoms with Crippen LogP contribution in [0.1, 0.15) is 156 Å². The van der Waals surface area contributed by atoms with E-state index < -0.39 is 33.3 Å². The summed E-state index contributed by atoms with van der Waals surface area (Å²) in [6, 6.07) is 127. The van der Waals surface area contributed by atoms with E-state index in [1.165, 1.54) is 49.8 Å². The van der Waals surface area contributed by atoms with Crippen LogP contribution in [0.25, 0.3) is 138 Å². The summed E-state index contributed by atoms with van der Waals surface area (Å²) in [5, 5.41) is 8.47. The predicted molar refractivity (Wildman–Crippen MR) is 630 cm³/mol. The first-order valence-electron chi connectivity index (χ1n) is 56.3. The lowest BCUT2D eigenvalue weighted by Gasteiger charge is -2.31. The Bertz CT molecular complexity index is 9240. The van der Waals surface area contributed by atoms with E-state index in [2.05, 4.69) is 416 Å². The van der Waals surface area contributed by atoms with E-state index in [0.717, 1.165) is 200 Å². The number of hydrogen-bond donors (Lipinski definition) is 0. The molecule has 0 unspecified atom stereocenters. The first kappa shape index (κ1) is 84.9. The number of hydrogen-bond acceptors (Lipinski definition) is 11. The van der Waals surface area contributed by atoms with Crippen LogP contribution in [0.4, 0.5) is 73.9 Å². The largest absolute Gasteiger partial charge is 0.456 e. The van der Waals surface area contributed by atoms with Gasteiger partial charge in [0.25, 0.3) is 0 Å². The monoisotopic (exact) mass is 1950 g/mol. The number of rotatable bonds is 12. The van der Waals surface area contributed by atoms with Gasteiger partial charge in [-0.2, -0.15) is 0 Å². The molecule has 0 saturated heterocycles. The Morgan fingerprint density at radius 2 is 0.642 bits per heavy atom. The van der Waals surface area contributed by atoms with E-state index in [4.69, 9.17) is 25.6 Å². The fourth-order valence-electron chi connectivity index (χ4n) is 23.3. The van der Waals surface area contributed by atoms with Crippen LogP contribution in [-0.2, 0) is 5.41 Å². The molecule has 0 spiro atoms. The molecule has 0 fully saturated rings. The van der Waals surface area contributed by atoms with E-state index >= 15 is 0 Å². The Kier molecular flexibility index (Phi) is 21.5. The van der Waals surface area contributed by atoms with Gasteiger partial charge in [-0.3, -0.25) is 0 Å². The van der Waals surface area contributed by atoms with Gasteiger partial charge in [-0.05, 0) is 250 Å². The number of anilines is 13. The van der Waals surface area contributed by atoms with E-state index in [1.807, 2.05) is 101 Å². The zero-order valence-corrected chi connectivity index (χ0v) is 87.4. The fraction of sp³-hybridized carbons (Fsp3) is 0.206. The van der Waals surface area contributed by atoms with Gasteiger partial charge in [-0.1, -0.05) is 321 Å². The van der Waals surface area contributed by atoms with Gasteiger partial charge in [0, 0.05) is 140 Å². The van der Waals surface area contributed by atoms with Crippen molar-refractivity contribution in [2.45, 2.75) is 167 Å². The normalized spacial score (nSPS) is 16.5. The van der Waals surface area contributed by atoms with Gasteiger partial charge < -0.3 is 57.0 Å². The number of furan rings is 3. The highest BCUT2D eigenvalue weighted by atomic mass is 16.3. The molecule has 12 heteroatoms. The number of fused-ring (bicyclic) bond motifs is 16. The summed E-state index contributed by atoms with van der Waals surface area (Å²) in [5.74, 6) is 0.742. The summed E-state index contributed by atoms with van der Waals surface area (Å²) in [6.45, 7) is 31.4. The van der Waals surface area contributed by atoms with Crippen LogP contribution < -0.4 is 39.2 Å². The lowest BCUT2D eigenvalue weighted by molar-refractivity contribution is 0.589. The van der Waals surface area contributed by atoms with E-state index in [9.17, 15) is 0 Å². The molecular weight excluding hydrogens is 1810 g/mol. The average molecular weight is 1950 g/mol. The molecule has 4 aromatic heterocycles. The zero-order valence-electron chi connectivity index (χ0n) is 96.4. The Morgan fingerprint density at radius 3 is 1.18 bits per heavy atom. The van der Waals surface area contributed by atoms with Gasteiger partial charge in [-0.25, -0.2) is 0 Å². The van der Waals surface area contributed by atoms with Crippen molar-refractivity contribution in [2.24, 2.45) is 0 Å². The molecule has 148 heavy (non-hydrogen) atoms. The fourth-order valence-corrected chi connectivity index (χ4v) is 23.3. The van der Waals surface area contributed by atoms with Crippen LogP contribution in [0.3, 0.4) is 0 Å². The van der Waals surface area contributed by atoms with Crippen molar-refractivity contribution in [1.29, 1.82) is 0 Å². The molecule has 18 aromatic carbocycles. The van der Waals surface area contributed by atoms with Gasteiger partial charge in [0.05, 0.1) is 62.2 Å². The third kappa shape index (κ3) is 16.1. The minimum Gasteiger partial charge on any atom is -0.456 e. The van der Waals surface area contributed by atoms with Gasteiger partial charge in [-0.15, -0.1) is 0 Å². The SMILES string of the molecule is Cc1ccccc1N1c2cc3oc4c(-c5ccccc5)cccc4c3cc2N(c2ccccc2)[C@@H]1C.[2H]C([2H])([2H])N1c2cc3c(cc2N(c2cc(-c4c(C(C)C)cccc4C(C)C)ccc2C)[C@H]1C)oc1c(C)cccc13.[2H]C([2H])([2H])N1c2cc3c(cc2N(c2cc(C)ccc2C)[C@H]1C)c1ccccc1n3-c1c(-c2ccccc2)cccc1-c1ccccc1.[2H]C([2H])([2H])N1c2cc3oc4c(C)cccc4c3cc2N(c2cc(C(C)(C)C)ccc2C)[C@H]1C. The summed E-state index contributed by atoms with van der Waals surface area (Å²) in [5.41, 5.74) is 41.5. The van der Waals surface area contributed by atoms with Crippen molar-refractivity contribution in [2.75, 3.05) is 60.1 Å². The standard InChI is InChI=1S/C41H35N3.C35H38N2O.C33H26N2O.C27H30N2O/c1-27-22-23-28(2)37(24-27)43-29(3)42(4)39-26-38-35(25-40(39)43)34-18-11-12-21-36(34)44(38)41-32(30-14-7-5-8-15-30)19-13-20-33(41)31-16-9-6-10-17-31;1-20(2)26-12-10-13-27(21(3)4)34(26)25-16-15-22(5)30(17-25)37-24(7)36(8)31-18-29-28-14-9-11-23(6)35(28)38-33(29)19-32(31)37;1-22-12-9-10-19-29(22)35-23(2)34(25-15-7-4-8-16-25)30-20-28-27-18-11-17-26(24-13-5-3-6-14-24)33(27)36-32(28)21-31(30)35;1-16-11-12-19(27(4,5)6)13-22(16)29-18(3)28(7)23-15-25-21(14-24(23)29)20-10-8-9-17(2)26(20)30-25/h5-26,29H,1-4H3;9-21,24H,1-8H3;3-21,23H,1-2H3;8-15,18H,1-7H3/t29-;24-;23-;18-/m0000/s1/i4D3;8D3;;7D3. The number of aromatic nitrogens is 1. The second-order valence-electron chi connectivity index (χ2n) is 42.2. The maximum absolute atomic E-state index is 8.69. The minimum absolute atomic E-state index is 0.0137. The van der Waals surface area contributed by atoms with Gasteiger partial charge in [0.15, 0.2) is 0 Å². The van der Waals surface area contributed by atoms with Crippen molar-refractivity contribution >= 4 is 162 Å². The highest BCUT2D eigenvalue weighted by Gasteiger charge is 2.41. The Hall–Kier alpha value is -16.4. The quantitative estimate of drug-likeness (QED) is 0.117. The van der Waals surface area contributed by atoms with Crippen LogP contribution in [0, 0.1) is 48.5 Å². The number of nitrogens with zero attached hydrogens (tertiary/aromatic N) is 9. The number of aryl methyl sites for hydroxylation is 7. The molecule has 26 rings (SSSR count). The third-order valence-electron chi connectivity index (χ3n) is 31.0. The molecule has 0 aliphatic carbocycles. The van der Waals surface area contributed by atoms with Crippen LogP contribution in [0.15, 0.2) is 377 Å². The van der Waals surface area contributed by atoms with Crippen molar-refractivity contribution in [3.63, 3.8) is 0 Å². The molecule has 0 N–H and O–H groups in total. The molecule has 0 amide bonds. The zero-order chi connectivity index (χ0) is 110. The van der Waals surface area contributed by atoms with Gasteiger partial charge in [0.1, 0.15) is 58.2 Å². The molecule has 0 radical (unpaired) electrons. The molecule has 22 aromatic rings. The van der Waals surface area contributed by atoms with Crippen LogP contribution in [-0.4, -0.2) is 50.2 Å². The summed E-state index contributed by atoms with van der Waals surface area (Å²) >= 11 is 0. The summed E-state index contributed by atoms with van der Waals surface area (Å²) in [4.78, 5) is 16.1. The Balaban J connectivity index is 0.000000114. The maximum atomic E-state index is 8.69. The molecular formula is C136H129N9O3. The van der Waals surface area contributed by atoms with Gasteiger partial charge >= 0.3 is 0 Å². The predicted octanol–water partition coefficient (Wildman–Crippen LogP) is 37.4. The smallest absolute Gasteiger partial charge is 0.143 e. The van der Waals surface area contributed by atoms with Crippen LogP contribution in [0.2, 0.25) is 0 Å². The lowest BCUT2D eigenvalue weighted by Crippen LogP contribution is -2.36. The Morgan fingerprint density at radius 1 is 0.264 bits per heavy atom. The van der Waals surface area contributed by atoms with Crippen molar-refractivity contribution < 1.29 is 25.6 Å². The molecule has 0 saturated carbocycles. The first-order valence-corrected chi connectivity index (χ1v) is 51.8. The van der Waals surface area contributed by atoms with Crippen LogP contribution >= 0.6 is 0 Å². The van der Waals surface area contributed by atoms with Crippen molar-refractivity contribution in [3.8, 4) is 50.2 Å². The highest BCUT2D eigenvalue weighted by molar-refractivity contribution is 6.17. The number of benzene rings is 18. The van der Waals surface area contributed by atoms with E-state index in [0.29, 0.717) is 34.5 Å². The van der Waals surface area contributed by atoms with E-state index in [-0.39, 0.29) is 17.7 Å². The summed E-state index contributed by atoms with van der Waals surface area (Å²) < 4.78 is 98.0.